The van der Waals surface area contributed by atoms with Crippen molar-refractivity contribution in [2.75, 3.05) is 0 Å². The molecule has 6 heteroatoms. The number of hydrogen-bond donors (Lipinski definition) is 0. The fraction of sp³-hybridized carbons (Fsp3) is 0.143. The normalized spacial score (nSPS) is 12.0. The largest absolute Gasteiger partial charge is 0.249 e. The van der Waals surface area contributed by atoms with Crippen LogP contribution in [-0.2, 0) is 0 Å². The molecule has 0 saturated carbocycles. The first-order valence-electron chi connectivity index (χ1n) is 5.99. The first kappa shape index (κ1) is 13.1. The minimum atomic E-state index is 0.995. The summed E-state index contributed by atoms with van der Waals surface area (Å²) in [5.41, 5.74) is 4.00. The number of nitrogens with zero attached hydrogens (tertiary/aromatic N) is 2. The summed E-state index contributed by atoms with van der Waals surface area (Å²) in [4.78, 5) is 9.58. The Bertz CT molecular complexity index is 920. The van der Waals surface area contributed by atoms with Crippen molar-refractivity contribution in [1.82, 2.24) is 9.97 Å². The van der Waals surface area contributed by atoms with Gasteiger partial charge in [-0.3, -0.25) is 0 Å². The zero-order valence-electron chi connectivity index (χ0n) is 10.6. The van der Waals surface area contributed by atoms with Gasteiger partial charge in [0.05, 0.1) is 39.4 Å². The summed E-state index contributed by atoms with van der Waals surface area (Å²) in [6.07, 6.45) is 0. The minimum absolute atomic E-state index is 0.995. The van der Waals surface area contributed by atoms with E-state index in [1.54, 1.807) is 22.7 Å². The highest BCUT2D eigenvalue weighted by Crippen LogP contribution is 2.44. The average molecular weight is 428 g/mol. The Hall–Kier alpha value is -0.560. The fourth-order valence-electron chi connectivity index (χ4n) is 2.39. The van der Waals surface area contributed by atoms with E-state index in [1.807, 2.05) is 13.8 Å². The van der Waals surface area contributed by atoms with Gasteiger partial charge in [-0.15, -0.1) is 22.7 Å². The van der Waals surface area contributed by atoms with Gasteiger partial charge in [0.1, 0.15) is 0 Å². The van der Waals surface area contributed by atoms with Gasteiger partial charge in [-0.05, 0) is 57.8 Å². The lowest BCUT2D eigenvalue weighted by molar-refractivity contribution is 1.11. The van der Waals surface area contributed by atoms with E-state index in [4.69, 9.17) is 9.97 Å². The topological polar surface area (TPSA) is 25.8 Å². The molecule has 4 rings (SSSR count). The van der Waals surface area contributed by atoms with E-state index in [0.29, 0.717) is 0 Å². The zero-order valence-corrected chi connectivity index (χ0v) is 15.4. The summed E-state index contributed by atoms with van der Waals surface area (Å²) in [5, 5.41) is 2.38. The van der Waals surface area contributed by atoms with Crippen molar-refractivity contribution >= 4 is 85.7 Å². The Kier molecular flexibility index (Phi) is 2.93. The van der Waals surface area contributed by atoms with Crippen LogP contribution in [0.25, 0.3) is 31.2 Å². The van der Waals surface area contributed by atoms with E-state index < -0.39 is 0 Å². The van der Waals surface area contributed by atoms with Crippen LogP contribution in [0.1, 0.15) is 11.4 Å². The molecule has 0 aliphatic rings. The lowest BCUT2D eigenvalue weighted by Crippen LogP contribution is -1.93. The van der Waals surface area contributed by atoms with Crippen LogP contribution in [-0.4, -0.2) is 9.97 Å². The average Bonchev–Trinajstić information content (AvgIpc) is 2.94. The molecular formula is C14H8Br2N2S2. The molecule has 2 nitrogen and oxygen atoms in total. The van der Waals surface area contributed by atoms with Crippen LogP contribution in [0.2, 0.25) is 0 Å². The van der Waals surface area contributed by atoms with Crippen LogP contribution in [0.3, 0.4) is 0 Å². The molecule has 3 heterocycles. The number of aromatic nitrogens is 2. The summed E-state index contributed by atoms with van der Waals surface area (Å²) in [6, 6.07) is 4.30. The van der Waals surface area contributed by atoms with Gasteiger partial charge in [-0.1, -0.05) is 0 Å². The van der Waals surface area contributed by atoms with Crippen molar-refractivity contribution in [3.05, 3.63) is 31.1 Å². The second-order valence-electron chi connectivity index (χ2n) is 4.68. The highest BCUT2D eigenvalue weighted by atomic mass is 79.9. The number of rotatable bonds is 0. The number of aryl methyl sites for hydroxylation is 2. The summed E-state index contributed by atoms with van der Waals surface area (Å²) < 4.78 is 4.83. The Morgan fingerprint density at radius 2 is 1.20 bits per heavy atom. The monoisotopic (exact) mass is 426 g/mol. The predicted octanol–water partition coefficient (Wildman–Crippen LogP) is 6.20. The van der Waals surface area contributed by atoms with E-state index >= 15 is 0 Å². The van der Waals surface area contributed by atoms with Gasteiger partial charge < -0.3 is 0 Å². The maximum absolute atomic E-state index is 4.79. The molecule has 0 N–H and O–H groups in total. The van der Waals surface area contributed by atoms with Gasteiger partial charge in [0.25, 0.3) is 0 Å². The summed E-state index contributed by atoms with van der Waals surface area (Å²) in [5.74, 6) is 0. The van der Waals surface area contributed by atoms with E-state index in [-0.39, 0.29) is 0 Å². The third-order valence-electron chi connectivity index (χ3n) is 3.43. The molecule has 0 radical (unpaired) electrons. The van der Waals surface area contributed by atoms with Crippen molar-refractivity contribution in [2.24, 2.45) is 0 Å². The number of halogens is 2. The summed E-state index contributed by atoms with van der Waals surface area (Å²) in [7, 11) is 0. The van der Waals surface area contributed by atoms with E-state index in [2.05, 4.69) is 44.0 Å². The lowest BCUT2D eigenvalue weighted by atomic mass is 10.1. The second-order valence-corrected chi connectivity index (χ2v) is 9.54. The van der Waals surface area contributed by atoms with Crippen molar-refractivity contribution in [2.45, 2.75) is 13.8 Å². The standard InChI is InChI=1S/C14H8Br2N2S2/c1-5-6(2)18-12-8-4-10(16)20-14(8)13-7(11(12)17-5)3-9(15)19-13/h3-4H,1-2H3. The maximum Gasteiger partial charge on any atom is 0.0984 e. The molecule has 0 aliphatic carbocycles. The van der Waals surface area contributed by atoms with Gasteiger partial charge in [-0.2, -0.15) is 0 Å². The van der Waals surface area contributed by atoms with Crippen LogP contribution in [0.4, 0.5) is 0 Å². The van der Waals surface area contributed by atoms with Gasteiger partial charge in [0.2, 0.25) is 0 Å². The van der Waals surface area contributed by atoms with Gasteiger partial charge in [-0.25, -0.2) is 9.97 Å². The quantitative estimate of drug-likeness (QED) is 0.333. The van der Waals surface area contributed by atoms with Crippen LogP contribution in [0.15, 0.2) is 19.7 Å². The lowest BCUT2D eigenvalue weighted by Gasteiger charge is -2.05. The molecule has 20 heavy (non-hydrogen) atoms. The van der Waals surface area contributed by atoms with Gasteiger partial charge in [0.15, 0.2) is 0 Å². The van der Waals surface area contributed by atoms with E-state index in [1.165, 1.54) is 20.2 Å². The molecule has 0 fully saturated rings. The summed E-state index contributed by atoms with van der Waals surface area (Å²) in [6.45, 7) is 4.03. The predicted molar refractivity (Wildman–Crippen MR) is 95.2 cm³/mol. The molecule has 3 aromatic heterocycles. The Labute approximate surface area is 140 Å². The van der Waals surface area contributed by atoms with Crippen LogP contribution in [0.5, 0.6) is 0 Å². The summed E-state index contributed by atoms with van der Waals surface area (Å²) >= 11 is 10.7. The smallest absolute Gasteiger partial charge is 0.0984 e. The van der Waals surface area contributed by atoms with E-state index in [9.17, 15) is 0 Å². The van der Waals surface area contributed by atoms with Crippen molar-refractivity contribution in [3.63, 3.8) is 0 Å². The number of fused-ring (bicyclic) bond motifs is 6. The van der Waals surface area contributed by atoms with Crippen molar-refractivity contribution in [3.8, 4) is 0 Å². The second kappa shape index (κ2) is 4.47. The molecule has 0 atom stereocenters. The number of thiophene rings is 2. The molecule has 4 aromatic rings. The van der Waals surface area contributed by atoms with Crippen molar-refractivity contribution < 1.29 is 0 Å². The van der Waals surface area contributed by atoms with Crippen LogP contribution < -0.4 is 0 Å². The number of hydrogen-bond acceptors (Lipinski definition) is 4. The molecular weight excluding hydrogens is 420 g/mol. The molecule has 0 unspecified atom stereocenters. The molecule has 0 bridgehead atoms. The van der Waals surface area contributed by atoms with Gasteiger partial charge >= 0.3 is 0 Å². The van der Waals surface area contributed by atoms with Crippen LogP contribution >= 0.6 is 54.5 Å². The Morgan fingerprint density at radius 1 is 0.800 bits per heavy atom. The molecule has 0 aliphatic heterocycles. The Balaban J connectivity index is 2.40. The fourth-order valence-corrected chi connectivity index (χ4v) is 5.75. The first-order chi connectivity index (χ1) is 9.54. The maximum atomic E-state index is 4.79. The molecule has 1 aromatic carbocycles. The van der Waals surface area contributed by atoms with Gasteiger partial charge in [0, 0.05) is 10.8 Å². The van der Waals surface area contributed by atoms with E-state index in [0.717, 1.165) is 30.0 Å². The molecule has 100 valence electrons. The third-order valence-corrected chi connectivity index (χ3v) is 6.87. The molecule has 0 saturated heterocycles. The highest BCUT2D eigenvalue weighted by molar-refractivity contribution is 9.11. The SMILES string of the molecule is Cc1nc2c3cc(Br)sc3c3sc(Br)cc3c2nc1C. The number of benzene rings is 1. The zero-order chi connectivity index (χ0) is 14.0. The highest BCUT2D eigenvalue weighted by Gasteiger charge is 2.16. The van der Waals surface area contributed by atoms with Crippen molar-refractivity contribution in [1.29, 1.82) is 0 Å². The Morgan fingerprint density at radius 3 is 1.60 bits per heavy atom. The molecule has 0 amide bonds. The minimum Gasteiger partial charge on any atom is -0.249 e. The molecule has 0 spiro atoms. The third kappa shape index (κ3) is 1.78. The first-order valence-corrected chi connectivity index (χ1v) is 9.21. The van der Waals surface area contributed by atoms with Crippen LogP contribution in [0, 0.1) is 13.8 Å².